The highest BCUT2D eigenvalue weighted by atomic mass is 15.4. The van der Waals surface area contributed by atoms with Gasteiger partial charge >= 0.3 is 0 Å². The highest BCUT2D eigenvalue weighted by molar-refractivity contribution is 5.80. The van der Waals surface area contributed by atoms with Gasteiger partial charge in [-0.3, -0.25) is 4.99 Å². The van der Waals surface area contributed by atoms with Crippen molar-refractivity contribution >= 4 is 5.96 Å². The summed E-state index contributed by atoms with van der Waals surface area (Å²) in [6, 6.07) is 11.2. The molecule has 144 valence electrons. The Kier molecular flexibility index (Phi) is 5.14. The molecule has 1 aromatic heterocycles. The lowest BCUT2D eigenvalue weighted by atomic mass is 10.1. The summed E-state index contributed by atoms with van der Waals surface area (Å²) in [7, 11) is 1.84. The van der Waals surface area contributed by atoms with Gasteiger partial charge in [-0.15, -0.1) is 0 Å². The first kappa shape index (κ1) is 18.0. The van der Waals surface area contributed by atoms with Gasteiger partial charge in [-0.05, 0) is 30.2 Å². The molecule has 0 spiro atoms. The van der Waals surface area contributed by atoms with Gasteiger partial charge in [0.2, 0.25) is 0 Å². The van der Waals surface area contributed by atoms with Crippen molar-refractivity contribution in [2.24, 2.45) is 10.9 Å². The van der Waals surface area contributed by atoms with Crippen LogP contribution in [-0.4, -0.2) is 40.4 Å². The van der Waals surface area contributed by atoms with Crippen molar-refractivity contribution in [2.45, 2.75) is 57.5 Å². The Bertz CT molecular complexity index is 794. The lowest BCUT2D eigenvalue weighted by Crippen LogP contribution is -2.47. The number of aryl methyl sites for hydroxylation is 1. The first-order valence-corrected chi connectivity index (χ1v) is 10.1. The van der Waals surface area contributed by atoms with Gasteiger partial charge in [0.05, 0.1) is 6.54 Å². The maximum atomic E-state index is 4.67. The Labute approximate surface area is 161 Å². The molecule has 3 unspecified atom stereocenters. The molecule has 6 nitrogen and oxygen atoms in total. The minimum absolute atomic E-state index is 0.342. The van der Waals surface area contributed by atoms with Gasteiger partial charge in [-0.25, -0.2) is 9.67 Å². The van der Waals surface area contributed by atoms with E-state index in [4.69, 9.17) is 0 Å². The number of hydrogen-bond acceptors (Lipinski definition) is 3. The van der Waals surface area contributed by atoms with Crippen molar-refractivity contribution in [3.8, 4) is 0 Å². The molecule has 2 heterocycles. The standard InChI is InChI=1S/C21H30N6/c1-14(2)20-25-19-10-9-17(13-27(19)26-20)24-21(22-3)23-12-16-11-18(16)15-7-5-4-6-8-15/h4-8,14,16-18H,9-13H2,1-3H3,(H2,22,23,24). The normalized spacial score (nSPS) is 24.6. The molecule has 0 bridgehead atoms. The van der Waals surface area contributed by atoms with Gasteiger partial charge in [0.25, 0.3) is 0 Å². The monoisotopic (exact) mass is 366 g/mol. The van der Waals surface area contributed by atoms with E-state index >= 15 is 0 Å². The molecule has 1 fully saturated rings. The van der Waals surface area contributed by atoms with Gasteiger partial charge in [-0.2, -0.15) is 5.10 Å². The first-order valence-electron chi connectivity index (χ1n) is 10.1. The topological polar surface area (TPSA) is 67.1 Å². The number of benzene rings is 1. The average molecular weight is 367 g/mol. The van der Waals surface area contributed by atoms with E-state index in [0.717, 1.165) is 43.5 Å². The molecule has 1 aliphatic carbocycles. The molecule has 1 aliphatic heterocycles. The van der Waals surface area contributed by atoms with Crippen LogP contribution >= 0.6 is 0 Å². The molecule has 2 aromatic rings. The molecular formula is C21H30N6. The summed E-state index contributed by atoms with van der Waals surface area (Å²) in [5.74, 6) is 4.73. The van der Waals surface area contributed by atoms with Crippen molar-refractivity contribution < 1.29 is 0 Å². The van der Waals surface area contributed by atoms with E-state index in [1.807, 2.05) is 7.05 Å². The fourth-order valence-corrected chi connectivity index (χ4v) is 3.89. The Hall–Kier alpha value is -2.37. The third-order valence-corrected chi connectivity index (χ3v) is 5.64. The highest BCUT2D eigenvalue weighted by Gasteiger charge is 2.38. The van der Waals surface area contributed by atoms with Crippen LogP contribution in [0.1, 0.15) is 55.7 Å². The number of hydrogen-bond donors (Lipinski definition) is 2. The molecule has 1 saturated carbocycles. The third kappa shape index (κ3) is 4.15. The smallest absolute Gasteiger partial charge is 0.191 e. The molecule has 0 saturated heterocycles. The van der Waals surface area contributed by atoms with Crippen LogP contribution in [0.5, 0.6) is 0 Å². The second-order valence-electron chi connectivity index (χ2n) is 8.07. The van der Waals surface area contributed by atoms with Crippen molar-refractivity contribution in [3.05, 3.63) is 47.5 Å². The molecule has 2 aliphatic rings. The summed E-state index contributed by atoms with van der Waals surface area (Å²) in [5, 5.41) is 11.8. The summed E-state index contributed by atoms with van der Waals surface area (Å²) in [6.45, 7) is 6.11. The zero-order valence-corrected chi connectivity index (χ0v) is 16.5. The maximum Gasteiger partial charge on any atom is 0.191 e. The van der Waals surface area contributed by atoms with Crippen molar-refractivity contribution in [3.63, 3.8) is 0 Å². The van der Waals surface area contributed by atoms with Gasteiger partial charge in [-0.1, -0.05) is 44.2 Å². The zero-order chi connectivity index (χ0) is 18.8. The largest absolute Gasteiger partial charge is 0.356 e. The number of nitrogens with one attached hydrogen (secondary N) is 2. The zero-order valence-electron chi connectivity index (χ0n) is 16.5. The summed E-state index contributed by atoms with van der Waals surface area (Å²) in [5.41, 5.74) is 1.46. The maximum absolute atomic E-state index is 4.67. The fraction of sp³-hybridized carbons (Fsp3) is 0.571. The predicted molar refractivity (Wildman–Crippen MR) is 108 cm³/mol. The number of guanidine groups is 1. The minimum atomic E-state index is 0.342. The molecule has 3 atom stereocenters. The van der Waals surface area contributed by atoms with E-state index in [2.05, 4.69) is 74.6 Å². The molecule has 1 aromatic carbocycles. The van der Waals surface area contributed by atoms with Crippen LogP contribution < -0.4 is 10.6 Å². The van der Waals surface area contributed by atoms with Crippen LogP contribution in [0.4, 0.5) is 0 Å². The van der Waals surface area contributed by atoms with Gasteiger partial charge in [0.1, 0.15) is 5.82 Å². The molecule has 2 N–H and O–H groups in total. The van der Waals surface area contributed by atoms with E-state index in [1.165, 1.54) is 12.0 Å². The fourth-order valence-electron chi connectivity index (χ4n) is 3.89. The van der Waals surface area contributed by atoms with Crippen LogP contribution in [0.3, 0.4) is 0 Å². The Morgan fingerprint density at radius 1 is 1.30 bits per heavy atom. The number of nitrogens with zero attached hydrogens (tertiary/aromatic N) is 4. The number of aliphatic imine (C=N–C) groups is 1. The van der Waals surface area contributed by atoms with Crippen LogP contribution in [-0.2, 0) is 13.0 Å². The molecule has 0 radical (unpaired) electrons. The minimum Gasteiger partial charge on any atom is -0.356 e. The van der Waals surface area contributed by atoms with Crippen LogP contribution in [0, 0.1) is 5.92 Å². The second-order valence-corrected chi connectivity index (χ2v) is 8.07. The van der Waals surface area contributed by atoms with Gasteiger partial charge < -0.3 is 10.6 Å². The molecule has 0 amide bonds. The SMILES string of the molecule is CN=C(NCC1CC1c1ccccc1)NC1CCc2nc(C(C)C)nn2C1. The molecule has 27 heavy (non-hydrogen) atoms. The lowest BCUT2D eigenvalue weighted by Gasteiger charge is -2.25. The van der Waals surface area contributed by atoms with Crippen LogP contribution in [0.15, 0.2) is 35.3 Å². The summed E-state index contributed by atoms with van der Waals surface area (Å²) >= 11 is 0. The number of aromatic nitrogens is 3. The summed E-state index contributed by atoms with van der Waals surface area (Å²) in [6.07, 6.45) is 3.29. The van der Waals surface area contributed by atoms with E-state index in [9.17, 15) is 0 Å². The predicted octanol–water partition coefficient (Wildman–Crippen LogP) is 2.69. The Balaban J connectivity index is 1.27. The summed E-state index contributed by atoms with van der Waals surface area (Å²) < 4.78 is 2.07. The molecule has 6 heteroatoms. The van der Waals surface area contributed by atoms with Gasteiger partial charge in [0, 0.05) is 32.0 Å². The van der Waals surface area contributed by atoms with E-state index in [-0.39, 0.29) is 0 Å². The Morgan fingerprint density at radius 2 is 2.11 bits per heavy atom. The van der Waals surface area contributed by atoms with E-state index in [0.29, 0.717) is 23.8 Å². The molecular weight excluding hydrogens is 336 g/mol. The van der Waals surface area contributed by atoms with Crippen LogP contribution in [0.2, 0.25) is 0 Å². The average Bonchev–Trinajstić information content (AvgIpc) is 3.34. The highest BCUT2D eigenvalue weighted by Crippen LogP contribution is 2.46. The van der Waals surface area contributed by atoms with E-state index in [1.54, 1.807) is 0 Å². The number of fused-ring (bicyclic) bond motifs is 1. The first-order chi connectivity index (χ1) is 13.1. The van der Waals surface area contributed by atoms with Crippen molar-refractivity contribution in [1.82, 2.24) is 25.4 Å². The summed E-state index contributed by atoms with van der Waals surface area (Å²) in [4.78, 5) is 9.09. The van der Waals surface area contributed by atoms with Crippen molar-refractivity contribution in [2.75, 3.05) is 13.6 Å². The Morgan fingerprint density at radius 3 is 2.85 bits per heavy atom. The second kappa shape index (κ2) is 7.71. The van der Waals surface area contributed by atoms with E-state index < -0.39 is 0 Å². The van der Waals surface area contributed by atoms with Gasteiger partial charge in [0.15, 0.2) is 11.8 Å². The third-order valence-electron chi connectivity index (χ3n) is 5.64. The quantitative estimate of drug-likeness (QED) is 0.631. The van der Waals surface area contributed by atoms with Crippen LogP contribution in [0.25, 0.3) is 0 Å². The lowest BCUT2D eigenvalue weighted by molar-refractivity contribution is 0.391. The van der Waals surface area contributed by atoms with Crippen molar-refractivity contribution in [1.29, 1.82) is 0 Å². The number of rotatable bonds is 5. The molecule has 4 rings (SSSR count).